The monoisotopic (exact) mass is 389 g/mol. The van der Waals surface area contributed by atoms with Crippen LogP contribution in [-0.2, 0) is 6.54 Å². The van der Waals surface area contributed by atoms with E-state index in [2.05, 4.69) is 51.1 Å². The van der Waals surface area contributed by atoms with E-state index in [1.165, 1.54) is 24.0 Å². The van der Waals surface area contributed by atoms with Crippen molar-refractivity contribution in [3.8, 4) is 11.5 Å². The molecule has 6 heteroatoms. The largest absolute Gasteiger partial charge is 0.355 e. The molecule has 1 saturated carbocycles. The first-order chi connectivity index (χ1) is 14.3. The summed E-state index contributed by atoms with van der Waals surface area (Å²) in [5.74, 6) is 2.88. The molecule has 0 unspecified atom stereocenters. The van der Waals surface area contributed by atoms with E-state index in [9.17, 15) is 0 Å². The van der Waals surface area contributed by atoms with Gasteiger partial charge in [0.05, 0.1) is 5.56 Å². The van der Waals surface area contributed by atoms with Crippen molar-refractivity contribution in [2.24, 2.45) is 0 Å². The molecule has 0 radical (unpaired) electrons. The lowest BCUT2D eigenvalue weighted by atomic mass is 10.1. The summed E-state index contributed by atoms with van der Waals surface area (Å²) in [4.78, 5) is 14.2. The summed E-state index contributed by atoms with van der Waals surface area (Å²) < 4.78 is 5.59. The lowest BCUT2D eigenvalue weighted by Gasteiger charge is -2.24. The smallest absolute Gasteiger partial charge is 0.261 e. The molecule has 0 amide bonds. The predicted octanol–water partition coefficient (Wildman–Crippen LogP) is 4.03. The summed E-state index contributed by atoms with van der Waals surface area (Å²) in [7, 11) is 0. The van der Waals surface area contributed by atoms with Crippen molar-refractivity contribution in [2.45, 2.75) is 38.6 Å². The Balaban J connectivity index is 1.31. The average molecular weight is 390 g/mol. The van der Waals surface area contributed by atoms with E-state index in [0.717, 1.165) is 56.4 Å². The third-order valence-corrected chi connectivity index (χ3v) is 5.78. The van der Waals surface area contributed by atoms with Crippen molar-refractivity contribution in [3.05, 3.63) is 59.5 Å². The predicted molar refractivity (Wildman–Crippen MR) is 113 cm³/mol. The van der Waals surface area contributed by atoms with Crippen LogP contribution in [0.25, 0.3) is 11.5 Å². The molecule has 29 heavy (non-hydrogen) atoms. The first-order valence-electron chi connectivity index (χ1n) is 10.6. The van der Waals surface area contributed by atoms with Crippen LogP contribution in [0.15, 0.2) is 47.1 Å². The topological polar surface area (TPSA) is 58.3 Å². The van der Waals surface area contributed by atoms with Gasteiger partial charge in [0.1, 0.15) is 5.82 Å². The maximum Gasteiger partial charge on any atom is 0.261 e. The number of hydrogen-bond acceptors (Lipinski definition) is 6. The SMILES string of the molecule is Cc1cccc(CN2CCCN(c3ncccc3-c3nc(C4CC4)no3)CC2)c1. The van der Waals surface area contributed by atoms with Gasteiger partial charge in [-0.25, -0.2) is 4.98 Å². The molecule has 2 aliphatic rings. The van der Waals surface area contributed by atoms with Gasteiger partial charge < -0.3 is 9.42 Å². The molecule has 6 nitrogen and oxygen atoms in total. The fourth-order valence-corrected chi connectivity index (χ4v) is 4.08. The van der Waals surface area contributed by atoms with Gasteiger partial charge >= 0.3 is 0 Å². The lowest BCUT2D eigenvalue weighted by Crippen LogP contribution is -2.31. The molecule has 2 aromatic heterocycles. The molecule has 0 bridgehead atoms. The highest BCUT2D eigenvalue weighted by Gasteiger charge is 2.30. The summed E-state index contributed by atoms with van der Waals surface area (Å²) in [5, 5.41) is 4.18. The van der Waals surface area contributed by atoms with Crippen LogP contribution in [0.4, 0.5) is 5.82 Å². The molecule has 1 saturated heterocycles. The average Bonchev–Trinajstić information content (AvgIpc) is 3.51. The van der Waals surface area contributed by atoms with Gasteiger partial charge in [0.2, 0.25) is 0 Å². The van der Waals surface area contributed by atoms with E-state index in [0.29, 0.717) is 11.8 Å². The van der Waals surface area contributed by atoms with Gasteiger partial charge in [0.15, 0.2) is 5.82 Å². The van der Waals surface area contributed by atoms with Crippen LogP contribution in [0.3, 0.4) is 0 Å². The maximum absolute atomic E-state index is 5.59. The van der Waals surface area contributed by atoms with E-state index in [4.69, 9.17) is 9.51 Å². The minimum atomic E-state index is 0.487. The van der Waals surface area contributed by atoms with Crippen molar-refractivity contribution in [2.75, 3.05) is 31.1 Å². The zero-order valence-electron chi connectivity index (χ0n) is 16.9. The number of anilines is 1. The molecule has 0 spiro atoms. The molecule has 1 aliphatic heterocycles. The van der Waals surface area contributed by atoms with Gasteiger partial charge in [-0.2, -0.15) is 4.98 Å². The van der Waals surface area contributed by atoms with Gasteiger partial charge in [-0.3, -0.25) is 4.90 Å². The van der Waals surface area contributed by atoms with E-state index in [-0.39, 0.29) is 0 Å². The minimum Gasteiger partial charge on any atom is -0.355 e. The Bertz CT molecular complexity index is 981. The Morgan fingerprint density at radius 3 is 2.86 bits per heavy atom. The highest BCUT2D eigenvalue weighted by molar-refractivity contribution is 5.69. The zero-order valence-corrected chi connectivity index (χ0v) is 16.9. The molecular formula is C23H27N5O. The minimum absolute atomic E-state index is 0.487. The van der Waals surface area contributed by atoms with Crippen molar-refractivity contribution in [1.29, 1.82) is 0 Å². The van der Waals surface area contributed by atoms with Crippen LogP contribution in [-0.4, -0.2) is 46.2 Å². The quantitative estimate of drug-likeness (QED) is 0.657. The lowest BCUT2D eigenvalue weighted by molar-refractivity contribution is 0.285. The highest BCUT2D eigenvalue weighted by Crippen LogP contribution is 2.39. The standard InChI is InChI=1S/C23H27N5O/c1-17-5-2-6-18(15-17)16-27-11-4-12-28(14-13-27)22-20(7-3-10-24-22)23-25-21(26-29-23)19-8-9-19/h2-3,5-7,10,15,19H,4,8-9,11-14,16H2,1H3. The number of aryl methyl sites for hydroxylation is 1. The number of pyridine rings is 1. The maximum atomic E-state index is 5.59. The van der Waals surface area contributed by atoms with Crippen molar-refractivity contribution in [3.63, 3.8) is 0 Å². The van der Waals surface area contributed by atoms with Gasteiger partial charge in [0, 0.05) is 44.8 Å². The van der Waals surface area contributed by atoms with Crippen LogP contribution < -0.4 is 4.90 Å². The number of rotatable bonds is 5. The van der Waals surface area contributed by atoms with Crippen LogP contribution >= 0.6 is 0 Å². The summed E-state index contributed by atoms with van der Waals surface area (Å²) in [6, 6.07) is 12.8. The number of nitrogens with zero attached hydrogens (tertiary/aromatic N) is 5. The highest BCUT2D eigenvalue weighted by atomic mass is 16.5. The fraction of sp³-hybridized carbons (Fsp3) is 0.435. The fourth-order valence-electron chi connectivity index (χ4n) is 4.08. The molecule has 3 aromatic rings. The molecule has 150 valence electrons. The second-order valence-electron chi connectivity index (χ2n) is 8.21. The Morgan fingerprint density at radius 2 is 2.00 bits per heavy atom. The zero-order chi connectivity index (χ0) is 19.6. The summed E-state index contributed by atoms with van der Waals surface area (Å²) >= 11 is 0. The van der Waals surface area contributed by atoms with Crippen LogP contribution in [0.1, 0.15) is 42.1 Å². The third-order valence-electron chi connectivity index (χ3n) is 5.78. The summed E-state index contributed by atoms with van der Waals surface area (Å²) in [6.07, 6.45) is 5.30. The molecule has 1 aliphatic carbocycles. The summed E-state index contributed by atoms with van der Waals surface area (Å²) in [6.45, 7) is 7.19. The van der Waals surface area contributed by atoms with Crippen molar-refractivity contribution in [1.82, 2.24) is 20.0 Å². The van der Waals surface area contributed by atoms with Crippen LogP contribution in [0.2, 0.25) is 0 Å². The number of hydrogen-bond donors (Lipinski definition) is 0. The van der Waals surface area contributed by atoms with E-state index < -0.39 is 0 Å². The van der Waals surface area contributed by atoms with Crippen molar-refractivity contribution < 1.29 is 4.52 Å². The second-order valence-corrected chi connectivity index (χ2v) is 8.21. The van der Waals surface area contributed by atoms with E-state index >= 15 is 0 Å². The number of aromatic nitrogens is 3. The molecule has 3 heterocycles. The molecule has 0 N–H and O–H groups in total. The normalized spacial score (nSPS) is 18.0. The molecule has 1 aromatic carbocycles. The Morgan fingerprint density at radius 1 is 1.07 bits per heavy atom. The summed E-state index contributed by atoms with van der Waals surface area (Å²) in [5.41, 5.74) is 3.65. The van der Waals surface area contributed by atoms with Crippen molar-refractivity contribution >= 4 is 5.82 Å². The van der Waals surface area contributed by atoms with Gasteiger partial charge in [-0.1, -0.05) is 35.0 Å². The third kappa shape index (κ3) is 4.17. The second kappa shape index (κ2) is 7.95. The van der Waals surface area contributed by atoms with Crippen LogP contribution in [0.5, 0.6) is 0 Å². The van der Waals surface area contributed by atoms with E-state index in [1.807, 2.05) is 18.3 Å². The molecular weight excluding hydrogens is 362 g/mol. The Hall–Kier alpha value is -2.73. The molecule has 5 rings (SSSR count). The van der Waals surface area contributed by atoms with E-state index in [1.54, 1.807) is 0 Å². The molecule has 0 atom stereocenters. The molecule has 2 fully saturated rings. The van der Waals surface area contributed by atoms with Gasteiger partial charge in [-0.15, -0.1) is 0 Å². The van der Waals surface area contributed by atoms with Crippen LogP contribution in [0, 0.1) is 6.92 Å². The first kappa shape index (κ1) is 18.3. The van der Waals surface area contributed by atoms with Gasteiger partial charge in [-0.05, 0) is 43.9 Å². The first-order valence-corrected chi connectivity index (χ1v) is 10.6. The Kier molecular flexibility index (Phi) is 5.02. The van der Waals surface area contributed by atoms with Gasteiger partial charge in [0.25, 0.3) is 5.89 Å². The number of benzene rings is 1. The Labute approximate surface area is 171 Å².